The third-order valence-electron chi connectivity index (χ3n) is 7.25. The molecule has 186 valence electrons. The molecule has 0 radical (unpaired) electrons. The van der Waals surface area contributed by atoms with Crippen molar-refractivity contribution in [3.63, 3.8) is 0 Å². The zero-order chi connectivity index (χ0) is 24.5. The number of piperidine rings is 1. The number of halogens is 1. The second-order valence-corrected chi connectivity index (χ2v) is 9.57. The smallest absolute Gasteiger partial charge is 0.320 e. The molecule has 1 atom stereocenters. The first kappa shape index (κ1) is 22.6. The van der Waals surface area contributed by atoms with E-state index in [1.165, 1.54) is 12.1 Å². The SMILES string of the molecule is O=C(N1CCN(c2cc[nH]c3cnc4nccc4c23)CC1)N1CCCC(COc2ccc(F)cc2)C1. The van der Waals surface area contributed by atoms with Crippen LogP contribution in [0.2, 0.25) is 0 Å². The predicted molar refractivity (Wildman–Crippen MR) is 137 cm³/mol. The van der Waals surface area contributed by atoms with Crippen molar-refractivity contribution in [1.82, 2.24) is 24.8 Å². The van der Waals surface area contributed by atoms with Gasteiger partial charge in [0, 0.05) is 74.0 Å². The summed E-state index contributed by atoms with van der Waals surface area (Å²) in [5.41, 5.74) is 2.88. The van der Waals surface area contributed by atoms with Gasteiger partial charge < -0.3 is 24.4 Å². The van der Waals surface area contributed by atoms with E-state index in [0.717, 1.165) is 60.1 Å². The van der Waals surface area contributed by atoms with Gasteiger partial charge in [-0.25, -0.2) is 19.2 Å². The molecule has 1 unspecified atom stereocenters. The van der Waals surface area contributed by atoms with Gasteiger partial charge in [0.05, 0.1) is 18.3 Å². The Morgan fingerprint density at radius 3 is 2.69 bits per heavy atom. The Hall–Kier alpha value is -3.88. The number of piperazine rings is 1. The van der Waals surface area contributed by atoms with E-state index < -0.39 is 0 Å². The van der Waals surface area contributed by atoms with Gasteiger partial charge >= 0.3 is 6.03 Å². The zero-order valence-corrected chi connectivity index (χ0v) is 20.1. The molecule has 36 heavy (non-hydrogen) atoms. The summed E-state index contributed by atoms with van der Waals surface area (Å²) < 4.78 is 19.0. The number of pyridine rings is 2. The average molecular weight is 489 g/mol. The maximum atomic E-state index is 13.3. The molecule has 9 heteroatoms. The number of anilines is 1. The van der Waals surface area contributed by atoms with Gasteiger partial charge in [-0.15, -0.1) is 0 Å². The molecule has 6 rings (SSSR count). The van der Waals surface area contributed by atoms with Crippen molar-refractivity contribution in [3.05, 3.63) is 60.8 Å². The number of aromatic nitrogens is 3. The summed E-state index contributed by atoms with van der Waals surface area (Å²) >= 11 is 0. The molecular formula is C27H29FN6O2. The van der Waals surface area contributed by atoms with Gasteiger partial charge in [0.15, 0.2) is 5.65 Å². The minimum atomic E-state index is -0.274. The number of ether oxygens (including phenoxy) is 1. The molecule has 2 aliphatic rings. The molecule has 2 saturated heterocycles. The number of amides is 2. The highest BCUT2D eigenvalue weighted by Crippen LogP contribution is 2.32. The topological polar surface area (TPSA) is 77.6 Å². The van der Waals surface area contributed by atoms with Crippen LogP contribution in [0, 0.1) is 11.7 Å². The molecule has 0 spiro atoms. The van der Waals surface area contributed by atoms with E-state index in [2.05, 4.69) is 25.9 Å². The number of H-pyrrole nitrogens is 1. The number of rotatable bonds is 4. The van der Waals surface area contributed by atoms with Crippen LogP contribution in [0.1, 0.15) is 12.8 Å². The normalized spacial score (nSPS) is 18.7. The summed E-state index contributed by atoms with van der Waals surface area (Å²) in [4.78, 5) is 31.7. The van der Waals surface area contributed by atoms with Crippen LogP contribution < -0.4 is 9.64 Å². The third-order valence-corrected chi connectivity index (χ3v) is 7.25. The summed E-state index contributed by atoms with van der Waals surface area (Å²) in [6.07, 6.45) is 7.56. The van der Waals surface area contributed by atoms with Crippen LogP contribution in [0.15, 0.2) is 55.0 Å². The van der Waals surface area contributed by atoms with Crippen molar-refractivity contribution in [3.8, 4) is 5.75 Å². The Labute approximate surface area is 208 Å². The van der Waals surface area contributed by atoms with Crippen LogP contribution in [0.5, 0.6) is 5.75 Å². The van der Waals surface area contributed by atoms with Gasteiger partial charge in [0.2, 0.25) is 0 Å². The lowest BCUT2D eigenvalue weighted by Gasteiger charge is -2.41. The number of likely N-dealkylation sites (tertiary alicyclic amines) is 1. The Kier molecular flexibility index (Phi) is 6.04. The monoisotopic (exact) mass is 488 g/mol. The molecule has 1 N–H and O–H groups in total. The number of urea groups is 1. The van der Waals surface area contributed by atoms with Crippen LogP contribution in [0.3, 0.4) is 0 Å². The van der Waals surface area contributed by atoms with Crippen molar-refractivity contribution in [2.45, 2.75) is 12.8 Å². The molecular weight excluding hydrogens is 459 g/mol. The Morgan fingerprint density at radius 1 is 1.03 bits per heavy atom. The summed E-state index contributed by atoms with van der Waals surface area (Å²) in [6, 6.07) is 10.3. The maximum Gasteiger partial charge on any atom is 0.320 e. The number of carbonyl (C=O) groups is 1. The third kappa shape index (κ3) is 4.41. The number of aromatic amines is 1. The molecule has 0 saturated carbocycles. The lowest BCUT2D eigenvalue weighted by Crippen LogP contribution is -2.54. The van der Waals surface area contributed by atoms with Gasteiger partial charge in [-0.2, -0.15) is 0 Å². The first-order valence-corrected chi connectivity index (χ1v) is 12.5. The summed E-state index contributed by atoms with van der Waals surface area (Å²) in [5.74, 6) is 0.659. The molecule has 4 aromatic rings. The number of hydrogen-bond donors (Lipinski definition) is 1. The maximum absolute atomic E-state index is 13.3. The van der Waals surface area contributed by atoms with E-state index in [0.29, 0.717) is 32.0 Å². The van der Waals surface area contributed by atoms with E-state index in [-0.39, 0.29) is 17.8 Å². The first-order valence-electron chi connectivity index (χ1n) is 12.5. The zero-order valence-electron chi connectivity index (χ0n) is 20.1. The largest absolute Gasteiger partial charge is 0.493 e. The number of fused-ring (bicyclic) bond motifs is 3. The highest BCUT2D eigenvalue weighted by atomic mass is 19.1. The van der Waals surface area contributed by atoms with E-state index in [4.69, 9.17) is 4.74 Å². The summed E-state index contributed by atoms with van der Waals surface area (Å²) in [7, 11) is 0. The van der Waals surface area contributed by atoms with Gasteiger partial charge in [-0.05, 0) is 49.2 Å². The number of carbonyl (C=O) groups excluding carboxylic acids is 1. The van der Waals surface area contributed by atoms with E-state index in [1.54, 1.807) is 18.3 Å². The fourth-order valence-electron chi connectivity index (χ4n) is 5.36. The van der Waals surface area contributed by atoms with Crippen LogP contribution in [-0.4, -0.2) is 76.7 Å². The average Bonchev–Trinajstić information content (AvgIpc) is 3.42. The van der Waals surface area contributed by atoms with Gasteiger partial charge in [0.1, 0.15) is 11.6 Å². The number of nitrogens with one attached hydrogen (secondary N) is 1. The van der Waals surface area contributed by atoms with Crippen LogP contribution in [-0.2, 0) is 0 Å². The van der Waals surface area contributed by atoms with Crippen LogP contribution >= 0.6 is 0 Å². The minimum absolute atomic E-state index is 0.110. The van der Waals surface area contributed by atoms with Gasteiger partial charge in [-0.3, -0.25) is 0 Å². The van der Waals surface area contributed by atoms with E-state index in [1.807, 2.05) is 28.3 Å². The highest BCUT2D eigenvalue weighted by Gasteiger charge is 2.30. The van der Waals surface area contributed by atoms with E-state index >= 15 is 0 Å². The van der Waals surface area contributed by atoms with E-state index in [9.17, 15) is 9.18 Å². The lowest BCUT2D eigenvalue weighted by molar-refractivity contribution is 0.110. The molecule has 0 aliphatic carbocycles. The molecule has 2 amide bonds. The standard InChI is InChI=1S/C27H29FN6O2/c28-20-3-5-21(6-4-20)36-18-19-2-1-11-34(17-19)27(35)33-14-12-32(13-15-33)24-8-10-29-23-16-31-26-22(25(23)24)7-9-30-26/h3-10,16,19,29H,1-2,11-15,17-18H2. The van der Waals surface area contributed by atoms with Crippen molar-refractivity contribution in [1.29, 1.82) is 0 Å². The fourth-order valence-corrected chi connectivity index (χ4v) is 5.36. The molecule has 3 aromatic heterocycles. The van der Waals surface area contributed by atoms with Crippen molar-refractivity contribution in [2.75, 3.05) is 50.8 Å². The Morgan fingerprint density at radius 2 is 1.86 bits per heavy atom. The second-order valence-electron chi connectivity index (χ2n) is 9.57. The second kappa shape index (κ2) is 9.64. The van der Waals surface area contributed by atoms with Crippen molar-refractivity contribution in [2.24, 2.45) is 5.92 Å². The summed E-state index contributed by atoms with van der Waals surface area (Å²) in [6.45, 7) is 4.90. The minimum Gasteiger partial charge on any atom is -0.493 e. The molecule has 2 aliphatic heterocycles. The van der Waals surface area contributed by atoms with Crippen LogP contribution in [0.4, 0.5) is 14.9 Å². The first-order chi connectivity index (χ1) is 17.7. The summed E-state index contributed by atoms with van der Waals surface area (Å²) in [5, 5.41) is 2.17. The molecule has 2 fully saturated rings. The van der Waals surface area contributed by atoms with Crippen LogP contribution in [0.25, 0.3) is 21.9 Å². The lowest BCUT2D eigenvalue weighted by atomic mass is 9.99. The predicted octanol–water partition coefficient (Wildman–Crippen LogP) is 4.28. The van der Waals surface area contributed by atoms with Gasteiger partial charge in [-0.1, -0.05) is 0 Å². The van der Waals surface area contributed by atoms with Crippen molar-refractivity contribution >= 4 is 33.7 Å². The van der Waals surface area contributed by atoms with Crippen molar-refractivity contribution < 1.29 is 13.9 Å². The highest BCUT2D eigenvalue weighted by molar-refractivity contribution is 6.10. The Bertz CT molecular complexity index is 1370. The number of benzene rings is 1. The number of hydrogen-bond acceptors (Lipinski definition) is 5. The number of nitrogens with zero attached hydrogens (tertiary/aromatic N) is 5. The molecule has 8 nitrogen and oxygen atoms in total. The molecule has 5 heterocycles. The Balaban J connectivity index is 1.08. The molecule has 0 bridgehead atoms. The quantitative estimate of drug-likeness (QED) is 0.464. The fraction of sp³-hybridized carbons (Fsp3) is 0.370. The molecule has 1 aromatic carbocycles. The van der Waals surface area contributed by atoms with Gasteiger partial charge in [0.25, 0.3) is 0 Å².